The fraction of sp³-hybridized carbons (Fsp3) is 0.500. The highest BCUT2D eigenvalue weighted by Crippen LogP contribution is 2.09. The summed E-state index contributed by atoms with van der Waals surface area (Å²) in [4.78, 5) is 0. The van der Waals surface area contributed by atoms with E-state index in [1.165, 1.54) is 12.8 Å². The molecule has 0 saturated carbocycles. The van der Waals surface area contributed by atoms with Gasteiger partial charge in [-0.2, -0.15) is 0 Å². The number of rotatable bonds is 3. The van der Waals surface area contributed by atoms with Crippen LogP contribution < -0.4 is 4.52 Å². The topological polar surface area (TPSA) is 9.23 Å². The summed E-state index contributed by atoms with van der Waals surface area (Å²) in [5.74, 6) is 1.81. The van der Waals surface area contributed by atoms with Crippen LogP contribution in [0, 0.1) is 5.92 Å². The highest BCUT2D eigenvalue weighted by molar-refractivity contribution is 7.10. The van der Waals surface area contributed by atoms with Gasteiger partial charge in [0.1, 0.15) is 5.75 Å². The maximum Gasteiger partial charge on any atom is 0.122 e. The second kappa shape index (κ2) is 9.02. The molecule has 1 aromatic carbocycles. The molecule has 80 valence electrons. The van der Waals surface area contributed by atoms with Crippen LogP contribution in [0.25, 0.3) is 0 Å². The quantitative estimate of drug-likeness (QED) is 0.679. The molecule has 0 fully saturated rings. The highest BCUT2D eigenvalue weighted by Gasteiger charge is 1.88. The Balaban J connectivity index is 0.000000255. The van der Waals surface area contributed by atoms with Gasteiger partial charge in [-0.25, -0.2) is 0 Å². The predicted octanol–water partition coefficient (Wildman–Crippen LogP) is 4.30. The minimum absolute atomic E-state index is 0.873. The smallest absolute Gasteiger partial charge is 0.122 e. The first-order valence-electron chi connectivity index (χ1n) is 5.16. The van der Waals surface area contributed by atoms with Crippen molar-refractivity contribution in [2.45, 2.75) is 33.6 Å². The second-order valence-electron chi connectivity index (χ2n) is 3.35. The molecule has 0 heterocycles. The number of hydrogen-bond acceptors (Lipinski definition) is 1. The van der Waals surface area contributed by atoms with Crippen molar-refractivity contribution in [2.24, 2.45) is 5.92 Å². The van der Waals surface area contributed by atoms with Crippen LogP contribution >= 0.6 is 9.47 Å². The van der Waals surface area contributed by atoms with E-state index in [9.17, 15) is 0 Å². The van der Waals surface area contributed by atoms with E-state index in [4.69, 9.17) is 4.52 Å². The van der Waals surface area contributed by atoms with Gasteiger partial charge in [0, 0.05) is 0 Å². The summed E-state index contributed by atoms with van der Waals surface area (Å²) in [5, 5.41) is 0. The van der Waals surface area contributed by atoms with Gasteiger partial charge in [0.15, 0.2) is 0 Å². The fourth-order valence-electron chi connectivity index (χ4n) is 0.788. The van der Waals surface area contributed by atoms with Crippen LogP contribution in [0.4, 0.5) is 0 Å². The zero-order chi connectivity index (χ0) is 10.8. The van der Waals surface area contributed by atoms with Gasteiger partial charge in [-0.1, -0.05) is 51.8 Å². The predicted molar refractivity (Wildman–Crippen MR) is 66.5 cm³/mol. The highest BCUT2D eigenvalue weighted by atomic mass is 31.0. The van der Waals surface area contributed by atoms with E-state index >= 15 is 0 Å². The van der Waals surface area contributed by atoms with Gasteiger partial charge in [-0.3, -0.25) is 0 Å². The van der Waals surface area contributed by atoms with Crippen LogP contribution in [0.5, 0.6) is 5.75 Å². The van der Waals surface area contributed by atoms with E-state index in [1.54, 1.807) is 0 Å². The van der Waals surface area contributed by atoms with Gasteiger partial charge in [0.2, 0.25) is 0 Å². The van der Waals surface area contributed by atoms with Crippen molar-refractivity contribution in [1.82, 2.24) is 0 Å². The van der Waals surface area contributed by atoms with Crippen molar-refractivity contribution in [3.05, 3.63) is 30.3 Å². The van der Waals surface area contributed by atoms with Crippen molar-refractivity contribution in [1.29, 1.82) is 0 Å². The molecule has 1 rings (SSSR count). The Bertz CT molecular complexity index is 207. The summed E-state index contributed by atoms with van der Waals surface area (Å²) in [6, 6.07) is 9.60. The van der Waals surface area contributed by atoms with Crippen LogP contribution in [-0.2, 0) is 0 Å². The molecule has 0 saturated heterocycles. The summed E-state index contributed by atoms with van der Waals surface area (Å²) < 4.78 is 4.83. The van der Waals surface area contributed by atoms with Gasteiger partial charge in [0.05, 0.1) is 9.47 Å². The maximum absolute atomic E-state index is 4.83. The Kier molecular flexibility index (Phi) is 8.67. The third kappa shape index (κ3) is 6.91. The van der Waals surface area contributed by atoms with Gasteiger partial charge in [-0.05, 0) is 18.1 Å². The molecule has 1 nitrogen and oxygen atoms in total. The molecule has 0 aromatic heterocycles. The first kappa shape index (κ1) is 13.4. The first-order valence-corrected chi connectivity index (χ1v) is 5.63. The molecule has 0 N–H and O–H groups in total. The largest absolute Gasteiger partial charge is 0.480 e. The summed E-state index contributed by atoms with van der Waals surface area (Å²) >= 11 is 0. The van der Waals surface area contributed by atoms with E-state index in [1.807, 2.05) is 30.3 Å². The maximum atomic E-state index is 4.83. The molecule has 1 atom stereocenters. The molecule has 0 bridgehead atoms. The van der Waals surface area contributed by atoms with Crippen molar-refractivity contribution < 1.29 is 4.52 Å². The molecule has 1 aromatic rings. The lowest BCUT2D eigenvalue weighted by Gasteiger charge is -1.98. The van der Waals surface area contributed by atoms with Gasteiger partial charge >= 0.3 is 0 Å². The number of para-hydroxylation sites is 1. The van der Waals surface area contributed by atoms with Gasteiger partial charge in [-0.15, -0.1) is 0 Å². The van der Waals surface area contributed by atoms with Crippen LogP contribution in [0.2, 0.25) is 0 Å². The van der Waals surface area contributed by atoms with Crippen molar-refractivity contribution in [2.75, 3.05) is 0 Å². The lowest BCUT2D eigenvalue weighted by atomic mass is 10.1. The lowest BCUT2D eigenvalue weighted by Crippen LogP contribution is -1.85. The van der Waals surface area contributed by atoms with Crippen molar-refractivity contribution >= 4 is 9.47 Å². The normalized spacial score (nSPS) is 9.21. The van der Waals surface area contributed by atoms with E-state index in [0.717, 1.165) is 11.7 Å². The molecule has 14 heavy (non-hydrogen) atoms. The zero-order valence-electron chi connectivity index (χ0n) is 9.36. The zero-order valence-corrected chi connectivity index (χ0v) is 10.5. The van der Waals surface area contributed by atoms with Crippen LogP contribution in [0.1, 0.15) is 33.6 Å². The standard InChI is InChI=1S/C6H7OP.C6H14/c8-7-6-4-2-1-3-5-6;1-4-6(3)5-2/h1-5H,8H2;6H,4-5H2,1-3H3. The van der Waals surface area contributed by atoms with Gasteiger partial charge in [0.25, 0.3) is 0 Å². The van der Waals surface area contributed by atoms with Crippen molar-refractivity contribution in [3.63, 3.8) is 0 Å². The molecule has 0 aliphatic carbocycles. The Morgan fingerprint density at radius 3 is 1.86 bits per heavy atom. The molecular weight excluding hydrogens is 191 g/mol. The number of hydrogen-bond donors (Lipinski definition) is 0. The third-order valence-corrected chi connectivity index (χ3v) is 2.55. The monoisotopic (exact) mass is 212 g/mol. The molecular formula is C12H21OP. The summed E-state index contributed by atoms with van der Waals surface area (Å²) in [7, 11) is 2.19. The fourth-order valence-corrected chi connectivity index (χ4v) is 0.945. The SMILES string of the molecule is CCC(C)CC.POc1ccccc1. The van der Waals surface area contributed by atoms with E-state index in [2.05, 4.69) is 30.2 Å². The molecule has 1 unspecified atom stereocenters. The van der Waals surface area contributed by atoms with E-state index < -0.39 is 0 Å². The lowest BCUT2D eigenvalue weighted by molar-refractivity contribution is 0.544. The molecule has 0 aliphatic rings. The Hall–Kier alpha value is -0.550. The summed E-state index contributed by atoms with van der Waals surface area (Å²) in [5.41, 5.74) is 0. The summed E-state index contributed by atoms with van der Waals surface area (Å²) in [6.45, 7) is 6.74. The van der Waals surface area contributed by atoms with Crippen LogP contribution in [0.3, 0.4) is 0 Å². The Labute approximate surface area is 90.2 Å². The Morgan fingerprint density at radius 2 is 1.64 bits per heavy atom. The minimum Gasteiger partial charge on any atom is -0.480 e. The Morgan fingerprint density at radius 1 is 1.14 bits per heavy atom. The van der Waals surface area contributed by atoms with Crippen molar-refractivity contribution in [3.8, 4) is 5.75 Å². The van der Waals surface area contributed by atoms with Crippen LogP contribution in [0.15, 0.2) is 30.3 Å². The average Bonchev–Trinajstić information content (AvgIpc) is 2.30. The molecule has 2 heteroatoms. The van der Waals surface area contributed by atoms with Gasteiger partial charge < -0.3 is 4.52 Å². The average molecular weight is 212 g/mol. The van der Waals surface area contributed by atoms with E-state index in [-0.39, 0.29) is 0 Å². The first-order chi connectivity index (χ1) is 6.74. The minimum atomic E-state index is 0.873. The summed E-state index contributed by atoms with van der Waals surface area (Å²) in [6.07, 6.45) is 2.66. The molecule has 0 spiro atoms. The molecule has 0 radical (unpaired) electrons. The number of benzene rings is 1. The second-order valence-corrected chi connectivity index (χ2v) is 3.59. The molecule has 0 aliphatic heterocycles. The molecule has 0 amide bonds. The van der Waals surface area contributed by atoms with Crippen LogP contribution in [-0.4, -0.2) is 0 Å². The third-order valence-electron chi connectivity index (χ3n) is 2.27. The van der Waals surface area contributed by atoms with E-state index in [0.29, 0.717) is 0 Å².